The molecule has 1 amide bonds. The molecule has 2 aromatic rings. The molecule has 0 fully saturated rings. The summed E-state index contributed by atoms with van der Waals surface area (Å²) in [7, 11) is 0. The van der Waals surface area contributed by atoms with Gasteiger partial charge < -0.3 is 5.32 Å². The Morgan fingerprint density at radius 2 is 2.35 bits per heavy atom. The quantitative estimate of drug-likeness (QED) is 0.891. The van der Waals surface area contributed by atoms with E-state index in [9.17, 15) is 9.59 Å². The minimum absolute atomic E-state index is 0.0949. The number of aromatic nitrogens is 2. The average Bonchev–Trinajstić information content (AvgIpc) is 2.69. The number of fused-ring (bicyclic) bond motifs is 1. The lowest BCUT2D eigenvalue weighted by Gasteiger charge is -2.03. The molecule has 0 aromatic carbocycles. The lowest BCUT2D eigenvalue weighted by Crippen LogP contribution is -2.31. The van der Waals surface area contributed by atoms with Gasteiger partial charge in [-0.1, -0.05) is 6.92 Å². The van der Waals surface area contributed by atoms with E-state index < -0.39 is 0 Å². The fourth-order valence-corrected chi connectivity index (χ4v) is 2.34. The molecule has 90 valence electrons. The van der Waals surface area contributed by atoms with Crippen LogP contribution in [0.4, 0.5) is 0 Å². The maximum atomic E-state index is 12.1. The van der Waals surface area contributed by atoms with Gasteiger partial charge in [0.15, 0.2) is 4.96 Å². The van der Waals surface area contributed by atoms with E-state index >= 15 is 0 Å². The van der Waals surface area contributed by atoms with Gasteiger partial charge in [-0.15, -0.1) is 11.3 Å². The molecule has 0 aliphatic heterocycles. The van der Waals surface area contributed by atoms with Gasteiger partial charge in [-0.05, 0) is 13.3 Å². The molecule has 0 radical (unpaired) electrons. The predicted octanol–water partition coefficient (Wildman–Crippen LogP) is 1.20. The highest BCUT2D eigenvalue weighted by molar-refractivity contribution is 7.15. The molecule has 0 saturated heterocycles. The number of aryl methyl sites for hydroxylation is 1. The molecule has 1 N–H and O–H groups in total. The highest BCUT2D eigenvalue weighted by Crippen LogP contribution is 2.10. The van der Waals surface area contributed by atoms with Gasteiger partial charge >= 0.3 is 0 Å². The molecule has 2 aromatic heterocycles. The SMILES string of the molecule is CCCNC(=O)c1cnc2scc(C)n2c1=O. The summed E-state index contributed by atoms with van der Waals surface area (Å²) in [5.41, 5.74) is 0.590. The van der Waals surface area contributed by atoms with E-state index in [0.717, 1.165) is 12.1 Å². The van der Waals surface area contributed by atoms with Crippen LogP contribution in [-0.4, -0.2) is 21.8 Å². The fourth-order valence-electron chi connectivity index (χ4n) is 1.51. The van der Waals surface area contributed by atoms with Crippen LogP contribution in [0.5, 0.6) is 0 Å². The third kappa shape index (κ3) is 2.08. The summed E-state index contributed by atoms with van der Waals surface area (Å²) in [6.07, 6.45) is 2.18. The van der Waals surface area contributed by atoms with E-state index in [1.54, 1.807) is 0 Å². The normalized spacial score (nSPS) is 10.7. The van der Waals surface area contributed by atoms with Crippen LogP contribution in [0.25, 0.3) is 4.96 Å². The van der Waals surface area contributed by atoms with Crippen molar-refractivity contribution in [2.75, 3.05) is 6.54 Å². The predicted molar refractivity (Wildman–Crippen MR) is 66.7 cm³/mol. The van der Waals surface area contributed by atoms with E-state index in [1.807, 2.05) is 19.2 Å². The zero-order chi connectivity index (χ0) is 12.4. The second-order valence-electron chi connectivity index (χ2n) is 3.73. The van der Waals surface area contributed by atoms with Crippen molar-refractivity contribution in [2.24, 2.45) is 0 Å². The van der Waals surface area contributed by atoms with Gasteiger partial charge in [-0.2, -0.15) is 0 Å². The van der Waals surface area contributed by atoms with Gasteiger partial charge in [0.2, 0.25) is 0 Å². The monoisotopic (exact) mass is 251 g/mol. The zero-order valence-corrected chi connectivity index (χ0v) is 10.5. The van der Waals surface area contributed by atoms with Crippen LogP contribution in [0.2, 0.25) is 0 Å². The van der Waals surface area contributed by atoms with Crippen molar-refractivity contribution in [3.8, 4) is 0 Å². The first-order valence-corrected chi connectivity index (χ1v) is 6.27. The van der Waals surface area contributed by atoms with E-state index in [2.05, 4.69) is 10.3 Å². The molecule has 17 heavy (non-hydrogen) atoms. The first-order valence-electron chi connectivity index (χ1n) is 5.39. The molecule has 0 saturated carbocycles. The Balaban J connectivity index is 2.49. The number of hydrogen-bond donors (Lipinski definition) is 1. The molecule has 6 heteroatoms. The van der Waals surface area contributed by atoms with Crippen LogP contribution in [0.3, 0.4) is 0 Å². The highest BCUT2D eigenvalue weighted by atomic mass is 32.1. The number of carbonyl (C=O) groups is 1. The second-order valence-corrected chi connectivity index (χ2v) is 4.56. The molecule has 0 aliphatic rings. The summed E-state index contributed by atoms with van der Waals surface area (Å²) < 4.78 is 1.46. The van der Waals surface area contributed by atoms with Crippen molar-refractivity contribution in [1.82, 2.24) is 14.7 Å². The number of amides is 1. The van der Waals surface area contributed by atoms with Crippen LogP contribution in [0.15, 0.2) is 16.4 Å². The Morgan fingerprint density at radius 3 is 3.06 bits per heavy atom. The maximum Gasteiger partial charge on any atom is 0.271 e. The lowest BCUT2D eigenvalue weighted by molar-refractivity contribution is 0.0951. The Labute approximate surface area is 102 Å². The zero-order valence-electron chi connectivity index (χ0n) is 9.69. The molecule has 0 bridgehead atoms. The number of hydrogen-bond acceptors (Lipinski definition) is 4. The Hall–Kier alpha value is -1.69. The van der Waals surface area contributed by atoms with Gasteiger partial charge in [0.1, 0.15) is 5.56 Å². The van der Waals surface area contributed by atoms with Crippen molar-refractivity contribution in [1.29, 1.82) is 0 Å². The van der Waals surface area contributed by atoms with Crippen LogP contribution >= 0.6 is 11.3 Å². The number of nitrogens with one attached hydrogen (secondary N) is 1. The Morgan fingerprint density at radius 1 is 1.59 bits per heavy atom. The summed E-state index contributed by atoms with van der Waals surface area (Å²) in [5, 5.41) is 4.52. The van der Waals surface area contributed by atoms with Crippen molar-refractivity contribution >= 4 is 22.2 Å². The summed E-state index contributed by atoms with van der Waals surface area (Å²) in [5.74, 6) is -0.357. The van der Waals surface area contributed by atoms with Gasteiger partial charge in [0.25, 0.3) is 11.5 Å². The minimum atomic E-state index is -0.357. The number of thiazole rings is 1. The van der Waals surface area contributed by atoms with Crippen molar-refractivity contribution in [2.45, 2.75) is 20.3 Å². The van der Waals surface area contributed by atoms with Crippen molar-refractivity contribution in [3.63, 3.8) is 0 Å². The minimum Gasteiger partial charge on any atom is -0.352 e. The van der Waals surface area contributed by atoms with Gasteiger partial charge in [-0.3, -0.25) is 14.0 Å². The summed E-state index contributed by atoms with van der Waals surface area (Å²) in [6, 6.07) is 0. The van der Waals surface area contributed by atoms with Crippen molar-refractivity contribution < 1.29 is 4.79 Å². The van der Waals surface area contributed by atoms with E-state index in [0.29, 0.717) is 11.5 Å². The first kappa shape index (κ1) is 11.8. The lowest BCUT2D eigenvalue weighted by atomic mass is 10.3. The van der Waals surface area contributed by atoms with E-state index in [-0.39, 0.29) is 17.0 Å². The smallest absolute Gasteiger partial charge is 0.271 e. The molecule has 0 spiro atoms. The van der Waals surface area contributed by atoms with Gasteiger partial charge in [0, 0.05) is 23.8 Å². The topological polar surface area (TPSA) is 63.5 Å². The third-order valence-electron chi connectivity index (χ3n) is 2.40. The standard InChI is InChI=1S/C11H13N3O2S/c1-3-4-12-9(15)8-5-13-11-14(10(8)16)7(2)6-17-11/h5-6H,3-4H2,1-2H3,(H,12,15). The highest BCUT2D eigenvalue weighted by Gasteiger charge is 2.14. The number of rotatable bonds is 3. The molecular weight excluding hydrogens is 238 g/mol. The summed E-state index contributed by atoms with van der Waals surface area (Å²) >= 11 is 1.39. The van der Waals surface area contributed by atoms with Gasteiger partial charge in [0.05, 0.1) is 0 Å². The van der Waals surface area contributed by atoms with Crippen LogP contribution in [-0.2, 0) is 0 Å². The maximum absolute atomic E-state index is 12.1. The van der Waals surface area contributed by atoms with E-state index in [4.69, 9.17) is 0 Å². The van der Waals surface area contributed by atoms with Crippen LogP contribution in [0.1, 0.15) is 29.4 Å². The largest absolute Gasteiger partial charge is 0.352 e. The van der Waals surface area contributed by atoms with Crippen LogP contribution < -0.4 is 10.9 Å². The molecule has 0 aliphatic carbocycles. The summed E-state index contributed by atoms with van der Waals surface area (Å²) in [6.45, 7) is 4.33. The molecule has 0 atom stereocenters. The molecule has 2 heterocycles. The number of nitrogens with zero attached hydrogens (tertiary/aromatic N) is 2. The molecule has 0 unspecified atom stereocenters. The molecular formula is C11H13N3O2S. The van der Waals surface area contributed by atoms with Crippen LogP contribution in [0, 0.1) is 6.92 Å². The fraction of sp³-hybridized carbons (Fsp3) is 0.364. The summed E-state index contributed by atoms with van der Waals surface area (Å²) in [4.78, 5) is 28.5. The Kier molecular flexibility index (Phi) is 3.23. The van der Waals surface area contributed by atoms with Gasteiger partial charge in [-0.25, -0.2) is 4.98 Å². The van der Waals surface area contributed by atoms with E-state index in [1.165, 1.54) is 21.9 Å². The average molecular weight is 251 g/mol. The number of carbonyl (C=O) groups excluding carboxylic acids is 1. The first-order chi connectivity index (χ1) is 8.15. The Bertz CT molecular complexity index is 615. The molecule has 2 rings (SSSR count). The second kappa shape index (κ2) is 4.67. The van der Waals surface area contributed by atoms with Crippen molar-refractivity contribution in [3.05, 3.63) is 33.2 Å². The third-order valence-corrected chi connectivity index (χ3v) is 3.35. The molecule has 5 nitrogen and oxygen atoms in total.